The third-order valence-electron chi connectivity index (χ3n) is 2.83. The van der Waals surface area contributed by atoms with Crippen LogP contribution in [-0.2, 0) is 5.60 Å². The van der Waals surface area contributed by atoms with E-state index >= 15 is 0 Å². The van der Waals surface area contributed by atoms with Crippen molar-refractivity contribution in [1.29, 1.82) is 0 Å². The van der Waals surface area contributed by atoms with Crippen LogP contribution in [0.4, 0.5) is 4.39 Å². The summed E-state index contributed by atoms with van der Waals surface area (Å²) in [6.07, 6.45) is 0. The molecule has 1 aromatic carbocycles. The maximum atomic E-state index is 13.5. The van der Waals surface area contributed by atoms with E-state index in [1.807, 2.05) is 18.4 Å². The van der Waals surface area contributed by atoms with Crippen LogP contribution in [0.3, 0.4) is 0 Å². The molecule has 1 N–H and O–H groups in total. The Morgan fingerprint density at radius 3 is 2.44 bits per heavy atom. The van der Waals surface area contributed by atoms with Gasteiger partial charge in [-0.1, -0.05) is 23.2 Å². The zero-order chi connectivity index (χ0) is 13.5. The lowest BCUT2D eigenvalue weighted by Gasteiger charge is -2.24. The van der Waals surface area contributed by atoms with Crippen molar-refractivity contribution in [2.24, 2.45) is 0 Å². The van der Waals surface area contributed by atoms with Crippen molar-refractivity contribution in [3.63, 3.8) is 0 Å². The normalized spacial score (nSPS) is 14.6. The predicted octanol–water partition coefficient (Wildman–Crippen LogP) is 4.76. The molecule has 0 aliphatic rings. The summed E-state index contributed by atoms with van der Waals surface area (Å²) in [5.74, 6) is -0.594. The van der Waals surface area contributed by atoms with Gasteiger partial charge < -0.3 is 5.11 Å². The highest BCUT2D eigenvalue weighted by Crippen LogP contribution is 2.37. The second-order valence-corrected chi connectivity index (χ2v) is 6.19. The van der Waals surface area contributed by atoms with Crippen LogP contribution in [0.25, 0.3) is 0 Å². The first-order chi connectivity index (χ1) is 8.32. The van der Waals surface area contributed by atoms with Crippen LogP contribution in [0.5, 0.6) is 0 Å². The van der Waals surface area contributed by atoms with Crippen LogP contribution in [0.1, 0.15) is 22.9 Å². The van der Waals surface area contributed by atoms with Crippen molar-refractivity contribution < 1.29 is 9.50 Å². The Kier molecular flexibility index (Phi) is 3.70. The van der Waals surface area contributed by atoms with Gasteiger partial charge in [-0.05, 0) is 43.0 Å². The molecule has 0 aliphatic heterocycles. The van der Waals surface area contributed by atoms with Crippen LogP contribution in [0.15, 0.2) is 23.6 Å². The third-order valence-corrected chi connectivity index (χ3v) is 4.29. The van der Waals surface area contributed by atoms with E-state index in [0.717, 1.165) is 4.88 Å². The first-order valence-electron chi connectivity index (χ1n) is 5.25. The monoisotopic (exact) mass is 304 g/mol. The lowest BCUT2D eigenvalue weighted by Crippen LogP contribution is -2.22. The van der Waals surface area contributed by atoms with Gasteiger partial charge in [-0.15, -0.1) is 11.3 Å². The molecule has 1 heterocycles. The Morgan fingerprint density at radius 2 is 1.89 bits per heavy atom. The molecule has 1 aromatic heterocycles. The van der Waals surface area contributed by atoms with Crippen LogP contribution in [-0.4, -0.2) is 5.11 Å². The molecular weight excluding hydrogens is 294 g/mol. The standard InChI is InChI=1S/C13H11Cl2FOS/c1-7-3-8(6-18-7)13(2,17)9-4-12(16)11(15)5-10(9)14/h3-6,17H,1-2H3. The lowest BCUT2D eigenvalue weighted by atomic mass is 9.90. The number of halogens is 3. The van der Waals surface area contributed by atoms with E-state index < -0.39 is 11.4 Å². The molecule has 0 spiro atoms. The quantitative estimate of drug-likeness (QED) is 0.793. The molecule has 0 radical (unpaired) electrons. The first kappa shape index (κ1) is 13.8. The van der Waals surface area contributed by atoms with E-state index in [0.29, 0.717) is 11.1 Å². The molecule has 0 fully saturated rings. The second-order valence-electron chi connectivity index (χ2n) is 4.26. The summed E-state index contributed by atoms with van der Waals surface area (Å²) in [6, 6.07) is 4.34. The second kappa shape index (κ2) is 4.82. The summed E-state index contributed by atoms with van der Waals surface area (Å²) in [5, 5.41) is 12.6. The maximum Gasteiger partial charge on any atom is 0.142 e. The van der Waals surface area contributed by atoms with Crippen molar-refractivity contribution in [3.05, 3.63) is 55.4 Å². The zero-order valence-electron chi connectivity index (χ0n) is 9.80. The fraction of sp³-hybridized carbons (Fsp3) is 0.231. The summed E-state index contributed by atoms with van der Waals surface area (Å²) in [5.41, 5.74) is -0.342. The number of aliphatic hydroxyl groups is 1. The largest absolute Gasteiger partial charge is 0.381 e. The van der Waals surface area contributed by atoms with Gasteiger partial charge in [0, 0.05) is 15.5 Å². The Balaban J connectivity index is 2.57. The molecule has 1 unspecified atom stereocenters. The highest BCUT2D eigenvalue weighted by atomic mass is 35.5. The van der Waals surface area contributed by atoms with E-state index in [-0.39, 0.29) is 10.0 Å². The Morgan fingerprint density at radius 1 is 1.22 bits per heavy atom. The van der Waals surface area contributed by atoms with Crippen LogP contribution in [0, 0.1) is 12.7 Å². The highest BCUT2D eigenvalue weighted by molar-refractivity contribution is 7.10. The molecule has 2 aromatic rings. The van der Waals surface area contributed by atoms with Crippen molar-refractivity contribution in [3.8, 4) is 0 Å². The molecule has 0 saturated carbocycles. The molecule has 0 saturated heterocycles. The van der Waals surface area contributed by atoms with Gasteiger partial charge in [0.2, 0.25) is 0 Å². The summed E-state index contributed by atoms with van der Waals surface area (Å²) in [6.45, 7) is 3.53. The van der Waals surface area contributed by atoms with E-state index in [9.17, 15) is 9.50 Å². The molecule has 1 nitrogen and oxygen atoms in total. The third kappa shape index (κ3) is 2.41. The number of hydrogen-bond acceptors (Lipinski definition) is 2. The van der Waals surface area contributed by atoms with E-state index in [1.165, 1.54) is 23.5 Å². The van der Waals surface area contributed by atoms with E-state index in [1.54, 1.807) is 6.92 Å². The summed E-state index contributed by atoms with van der Waals surface area (Å²) in [7, 11) is 0. The highest BCUT2D eigenvalue weighted by Gasteiger charge is 2.30. The topological polar surface area (TPSA) is 20.2 Å². The van der Waals surface area contributed by atoms with Gasteiger partial charge in [0.05, 0.1) is 5.02 Å². The number of rotatable bonds is 2. The average molecular weight is 305 g/mol. The molecule has 0 aliphatic carbocycles. The average Bonchev–Trinajstić information content (AvgIpc) is 2.70. The smallest absolute Gasteiger partial charge is 0.142 e. The minimum Gasteiger partial charge on any atom is -0.381 e. The van der Waals surface area contributed by atoms with Crippen molar-refractivity contribution in [1.82, 2.24) is 0 Å². The van der Waals surface area contributed by atoms with Gasteiger partial charge in [0.25, 0.3) is 0 Å². The Hall–Kier alpha value is -0.610. The van der Waals surface area contributed by atoms with Gasteiger partial charge in [-0.25, -0.2) is 4.39 Å². The maximum absolute atomic E-state index is 13.5. The SMILES string of the molecule is Cc1cc(C(C)(O)c2cc(F)c(Cl)cc2Cl)cs1. The number of benzene rings is 1. The number of aryl methyl sites for hydroxylation is 1. The van der Waals surface area contributed by atoms with Crippen LogP contribution < -0.4 is 0 Å². The first-order valence-corrected chi connectivity index (χ1v) is 6.89. The van der Waals surface area contributed by atoms with Gasteiger partial charge >= 0.3 is 0 Å². The lowest BCUT2D eigenvalue weighted by molar-refractivity contribution is 0.102. The van der Waals surface area contributed by atoms with Gasteiger partial charge in [0.1, 0.15) is 11.4 Å². The van der Waals surface area contributed by atoms with Gasteiger partial charge in [-0.3, -0.25) is 0 Å². The van der Waals surface area contributed by atoms with Crippen LogP contribution >= 0.6 is 34.5 Å². The molecule has 0 bridgehead atoms. The molecule has 1 atom stereocenters. The number of hydrogen-bond donors (Lipinski definition) is 1. The summed E-state index contributed by atoms with van der Waals surface area (Å²) < 4.78 is 13.5. The minimum absolute atomic E-state index is 0.0546. The fourth-order valence-electron chi connectivity index (χ4n) is 1.75. The molecular formula is C13H11Cl2FOS. The summed E-state index contributed by atoms with van der Waals surface area (Å²) in [4.78, 5) is 1.07. The van der Waals surface area contributed by atoms with Gasteiger partial charge in [-0.2, -0.15) is 0 Å². The van der Waals surface area contributed by atoms with Crippen molar-refractivity contribution in [2.45, 2.75) is 19.4 Å². The van der Waals surface area contributed by atoms with Crippen LogP contribution in [0.2, 0.25) is 10.0 Å². The minimum atomic E-state index is -1.34. The molecule has 96 valence electrons. The van der Waals surface area contributed by atoms with Gasteiger partial charge in [0.15, 0.2) is 0 Å². The van der Waals surface area contributed by atoms with Crippen molar-refractivity contribution >= 4 is 34.5 Å². The Bertz CT molecular complexity index is 593. The van der Waals surface area contributed by atoms with E-state index in [2.05, 4.69) is 0 Å². The van der Waals surface area contributed by atoms with Crippen molar-refractivity contribution in [2.75, 3.05) is 0 Å². The molecule has 2 rings (SSSR count). The Labute approximate surface area is 119 Å². The zero-order valence-corrected chi connectivity index (χ0v) is 12.1. The van der Waals surface area contributed by atoms with E-state index in [4.69, 9.17) is 23.2 Å². The molecule has 5 heteroatoms. The molecule has 0 amide bonds. The fourth-order valence-corrected chi connectivity index (χ4v) is 3.12. The predicted molar refractivity (Wildman–Crippen MR) is 74.1 cm³/mol. The molecule has 18 heavy (non-hydrogen) atoms. The number of thiophene rings is 1. The summed E-state index contributed by atoms with van der Waals surface area (Å²) >= 11 is 13.2.